The third kappa shape index (κ3) is 1.96. The Bertz CT molecular complexity index is 191. The van der Waals surface area contributed by atoms with E-state index in [1.54, 1.807) is 0 Å². The Hall–Kier alpha value is 0.0900. The summed E-state index contributed by atoms with van der Waals surface area (Å²) in [6, 6.07) is 0. The SMILES string of the molecule is C[C]1[CH][CH][CH][C]1C(=S)[C]1[CH][CH][CH][CH]1. The molecule has 64 valence electrons. The summed E-state index contributed by atoms with van der Waals surface area (Å²) in [5.41, 5.74) is 0. The standard InChI is InChI=1S/C12H10S/c1-9-5-4-8-11(9)12(13)10-6-2-3-7-10/h2-8H,1H3. The third-order valence-electron chi connectivity index (χ3n) is 2.20. The molecule has 10 radical (unpaired) electrons. The van der Waals surface area contributed by atoms with Crippen LogP contribution in [0.2, 0.25) is 0 Å². The summed E-state index contributed by atoms with van der Waals surface area (Å²) < 4.78 is 0. The topological polar surface area (TPSA) is 0 Å². The van der Waals surface area contributed by atoms with E-state index in [0.717, 1.165) is 10.8 Å². The van der Waals surface area contributed by atoms with Gasteiger partial charge in [-0.25, -0.2) is 0 Å². The Morgan fingerprint density at radius 2 is 1.69 bits per heavy atom. The monoisotopic (exact) mass is 186 g/mol. The van der Waals surface area contributed by atoms with Crippen LogP contribution < -0.4 is 0 Å². The number of hydrogen-bond acceptors (Lipinski definition) is 1. The number of rotatable bonds is 2. The highest BCUT2D eigenvalue weighted by Crippen LogP contribution is 2.39. The molecule has 0 saturated heterocycles. The highest BCUT2D eigenvalue weighted by atomic mass is 32.1. The Labute approximate surface area is 87.1 Å². The molecular formula is C12H10S. The second kappa shape index (κ2) is 4.08. The number of thiocarbonyl (C=S) groups is 1. The molecule has 0 amide bonds. The molecule has 0 aliphatic heterocycles. The molecule has 2 aliphatic rings. The Morgan fingerprint density at radius 3 is 2.23 bits per heavy atom. The first kappa shape index (κ1) is 9.64. The van der Waals surface area contributed by atoms with Gasteiger partial charge in [0.15, 0.2) is 0 Å². The van der Waals surface area contributed by atoms with Crippen molar-refractivity contribution in [3.8, 4) is 0 Å². The Balaban J connectivity index is 1.95. The normalized spacial score (nSPS) is 27.2. The summed E-state index contributed by atoms with van der Waals surface area (Å²) >= 11 is 5.38. The molecule has 1 heteroatoms. The van der Waals surface area contributed by atoms with Crippen LogP contribution in [-0.4, -0.2) is 4.86 Å². The largest absolute Gasteiger partial charge is 0.0883 e. The molecule has 2 rings (SSSR count). The van der Waals surface area contributed by atoms with Crippen LogP contribution in [0.3, 0.4) is 0 Å². The fourth-order valence-corrected chi connectivity index (χ4v) is 1.81. The summed E-state index contributed by atoms with van der Waals surface area (Å²) in [6.07, 6.45) is 14.3. The molecule has 0 spiro atoms. The zero-order valence-electron chi connectivity index (χ0n) is 7.45. The van der Waals surface area contributed by atoms with Crippen LogP contribution in [0, 0.1) is 62.7 Å². The Morgan fingerprint density at radius 1 is 1.00 bits per heavy atom. The molecule has 0 aromatic heterocycles. The zero-order chi connectivity index (χ0) is 9.26. The van der Waals surface area contributed by atoms with E-state index in [1.807, 2.05) is 19.3 Å². The quantitative estimate of drug-likeness (QED) is 0.597. The fraction of sp³-hybridized carbons (Fsp3) is 0.0833. The van der Waals surface area contributed by atoms with Gasteiger partial charge in [-0.05, 0) is 50.9 Å². The molecule has 2 fully saturated rings. The van der Waals surface area contributed by atoms with Crippen molar-refractivity contribution in [3.05, 3.63) is 62.7 Å². The third-order valence-corrected chi connectivity index (χ3v) is 2.66. The average Bonchev–Trinajstić information content (AvgIpc) is 2.72. The van der Waals surface area contributed by atoms with Gasteiger partial charge >= 0.3 is 0 Å². The maximum atomic E-state index is 5.38. The lowest BCUT2D eigenvalue weighted by Crippen LogP contribution is -2.18. The van der Waals surface area contributed by atoms with E-state index in [2.05, 4.69) is 32.6 Å². The van der Waals surface area contributed by atoms with Gasteiger partial charge < -0.3 is 0 Å². The van der Waals surface area contributed by atoms with Crippen molar-refractivity contribution in [3.63, 3.8) is 0 Å². The van der Waals surface area contributed by atoms with Crippen LogP contribution in [0.5, 0.6) is 0 Å². The van der Waals surface area contributed by atoms with Crippen molar-refractivity contribution in [1.82, 2.24) is 0 Å². The molecule has 2 saturated carbocycles. The molecule has 13 heavy (non-hydrogen) atoms. The van der Waals surface area contributed by atoms with E-state index < -0.39 is 0 Å². The molecule has 0 nitrogen and oxygen atoms in total. The molecule has 0 unspecified atom stereocenters. The van der Waals surface area contributed by atoms with E-state index in [4.69, 9.17) is 12.2 Å². The minimum absolute atomic E-state index is 0.951. The molecule has 0 atom stereocenters. The second-order valence-electron chi connectivity index (χ2n) is 3.13. The van der Waals surface area contributed by atoms with Crippen molar-refractivity contribution in [2.45, 2.75) is 6.92 Å². The van der Waals surface area contributed by atoms with Gasteiger partial charge in [-0.1, -0.05) is 19.1 Å². The molecule has 2 aliphatic carbocycles. The summed E-state index contributed by atoms with van der Waals surface area (Å²) in [5, 5.41) is 0. The van der Waals surface area contributed by atoms with Crippen LogP contribution in [0.1, 0.15) is 6.92 Å². The lowest BCUT2D eigenvalue weighted by Gasteiger charge is -2.19. The van der Waals surface area contributed by atoms with Gasteiger partial charge in [0.05, 0.1) is 0 Å². The maximum Gasteiger partial charge on any atom is 0.0229 e. The summed E-state index contributed by atoms with van der Waals surface area (Å²) in [7, 11) is 0. The van der Waals surface area contributed by atoms with E-state index >= 15 is 0 Å². The van der Waals surface area contributed by atoms with Crippen molar-refractivity contribution in [2.24, 2.45) is 0 Å². The van der Waals surface area contributed by atoms with Crippen molar-refractivity contribution >= 4 is 17.1 Å². The molecular weight excluding hydrogens is 176 g/mol. The first-order valence-electron chi connectivity index (χ1n) is 4.28. The summed E-state index contributed by atoms with van der Waals surface area (Å²) in [5.74, 6) is 3.58. The average molecular weight is 186 g/mol. The number of hydrogen-bond donors (Lipinski definition) is 0. The van der Waals surface area contributed by atoms with Crippen LogP contribution >= 0.6 is 12.2 Å². The van der Waals surface area contributed by atoms with Crippen molar-refractivity contribution in [2.75, 3.05) is 0 Å². The fourth-order valence-electron chi connectivity index (χ4n) is 1.45. The minimum atomic E-state index is 0.951. The van der Waals surface area contributed by atoms with Crippen LogP contribution in [0.25, 0.3) is 0 Å². The van der Waals surface area contributed by atoms with Gasteiger partial charge in [0.25, 0.3) is 0 Å². The van der Waals surface area contributed by atoms with E-state index in [0.29, 0.717) is 0 Å². The second-order valence-corrected chi connectivity index (χ2v) is 3.53. The Kier molecular flexibility index (Phi) is 3.02. The van der Waals surface area contributed by atoms with E-state index in [-0.39, 0.29) is 0 Å². The molecule has 0 aromatic rings. The van der Waals surface area contributed by atoms with Gasteiger partial charge in [-0.15, -0.1) is 0 Å². The summed E-state index contributed by atoms with van der Waals surface area (Å²) in [4.78, 5) is 0.951. The lowest BCUT2D eigenvalue weighted by atomic mass is 9.87. The van der Waals surface area contributed by atoms with Gasteiger partial charge in [0.1, 0.15) is 0 Å². The van der Waals surface area contributed by atoms with Crippen LogP contribution in [0.15, 0.2) is 0 Å². The van der Waals surface area contributed by atoms with Gasteiger partial charge in [0, 0.05) is 16.7 Å². The maximum absolute atomic E-state index is 5.38. The minimum Gasteiger partial charge on any atom is -0.0883 e. The van der Waals surface area contributed by atoms with Gasteiger partial charge in [-0.3, -0.25) is 0 Å². The van der Waals surface area contributed by atoms with Gasteiger partial charge in [0.2, 0.25) is 0 Å². The van der Waals surface area contributed by atoms with E-state index in [9.17, 15) is 0 Å². The first-order valence-corrected chi connectivity index (χ1v) is 4.68. The van der Waals surface area contributed by atoms with Crippen molar-refractivity contribution in [1.29, 1.82) is 0 Å². The first-order chi connectivity index (χ1) is 6.29. The molecule has 0 heterocycles. The molecule has 0 bridgehead atoms. The highest BCUT2D eigenvalue weighted by Gasteiger charge is 2.34. The van der Waals surface area contributed by atoms with Crippen molar-refractivity contribution < 1.29 is 0 Å². The van der Waals surface area contributed by atoms with Gasteiger partial charge in [-0.2, -0.15) is 0 Å². The van der Waals surface area contributed by atoms with E-state index in [1.165, 1.54) is 11.8 Å². The summed E-state index contributed by atoms with van der Waals surface area (Å²) in [6.45, 7) is 2.09. The van der Waals surface area contributed by atoms with Crippen LogP contribution in [0.4, 0.5) is 0 Å². The predicted molar refractivity (Wildman–Crippen MR) is 58.1 cm³/mol. The zero-order valence-corrected chi connectivity index (χ0v) is 8.27. The predicted octanol–water partition coefficient (Wildman–Crippen LogP) is 2.56. The highest BCUT2D eigenvalue weighted by molar-refractivity contribution is 7.81. The molecule has 0 N–H and O–H groups in total. The van der Waals surface area contributed by atoms with Crippen LogP contribution in [-0.2, 0) is 0 Å². The smallest absolute Gasteiger partial charge is 0.0229 e. The molecule has 0 aromatic carbocycles. The lowest BCUT2D eigenvalue weighted by molar-refractivity contribution is 1.17.